The van der Waals surface area contributed by atoms with Crippen molar-refractivity contribution in [3.05, 3.63) is 33.3 Å². The lowest BCUT2D eigenvalue weighted by Gasteiger charge is -2.33. The predicted molar refractivity (Wildman–Crippen MR) is 89.6 cm³/mol. The van der Waals surface area contributed by atoms with Crippen molar-refractivity contribution in [3.63, 3.8) is 0 Å². The number of piperidine rings is 1. The summed E-state index contributed by atoms with van der Waals surface area (Å²) in [5.74, 6) is 0.595. The van der Waals surface area contributed by atoms with Crippen LogP contribution in [0.2, 0.25) is 5.02 Å². The number of hydrogen-bond donors (Lipinski definition) is 2. The number of aliphatic hydroxyl groups is 2. The molecule has 1 aromatic rings. The lowest BCUT2D eigenvalue weighted by Crippen LogP contribution is -2.36. The lowest BCUT2D eigenvalue weighted by atomic mass is 9.95. The normalized spacial score (nSPS) is 21.4. The maximum atomic E-state index is 10.3. The Hall–Kier alpha value is -0.130. The lowest BCUT2D eigenvalue weighted by molar-refractivity contribution is 0.110. The maximum absolute atomic E-state index is 10.3. The summed E-state index contributed by atoms with van der Waals surface area (Å²) >= 11 is 9.55. The second-order valence-electron chi connectivity index (χ2n) is 5.79. The van der Waals surface area contributed by atoms with Crippen LogP contribution in [0.25, 0.3) is 0 Å². The molecule has 1 heterocycles. The Bertz CT molecular complexity index is 456. The summed E-state index contributed by atoms with van der Waals surface area (Å²) in [5.41, 5.74) is 0.795. The molecule has 0 aromatic heterocycles. The second-order valence-corrected chi connectivity index (χ2v) is 7.11. The maximum Gasteiger partial charge on any atom is 0.0816 e. The summed E-state index contributed by atoms with van der Waals surface area (Å²) in [4.78, 5) is 2.39. The molecule has 0 saturated carbocycles. The minimum atomic E-state index is -0.524. The average molecular weight is 377 g/mol. The largest absolute Gasteiger partial charge is 0.396 e. The number of aliphatic hydroxyl groups excluding tert-OH is 2. The quantitative estimate of drug-likeness (QED) is 0.797. The SMILES string of the molecule is OCCC1CCCN(CCC(O)c2ccc(Br)cc2Cl)C1. The smallest absolute Gasteiger partial charge is 0.0816 e. The summed E-state index contributed by atoms with van der Waals surface area (Å²) in [7, 11) is 0. The summed E-state index contributed by atoms with van der Waals surface area (Å²) in [6.07, 6.45) is 3.44. The van der Waals surface area contributed by atoms with E-state index >= 15 is 0 Å². The Labute approximate surface area is 140 Å². The van der Waals surface area contributed by atoms with Gasteiger partial charge in [-0.3, -0.25) is 0 Å². The molecule has 0 radical (unpaired) electrons. The molecule has 0 spiro atoms. The van der Waals surface area contributed by atoms with E-state index in [1.54, 1.807) is 0 Å². The fourth-order valence-corrected chi connectivity index (χ4v) is 3.80. The summed E-state index contributed by atoms with van der Waals surface area (Å²) in [5, 5.41) is 20.0. The highest BCUT2D eigenvalue weighted by Crippen LogP contribution is 2.29. The summed E-state index contributed by atoms with van der Waals surface area (Å²) < 4.78 is 0.923. The Kier molecular flexibility index (Phi) is 6.96. The highest BCUT2D eigenvalue weighted by molar-refractivity contribution is 9.10. The Balaban J connectivity index is 1.84. The van der Waals surface area contributed by atoms with Crippen molar-refractivity contribution in [1.29, 1.82) is 0 Å². The van der Waals surface area contributed by atoms with E-state index < -0.39 is 6.10 Å². The van der Waals surface area contributed by atoms with Gasteiger partial charge in [-0.15, -0.1) is 0 Å². The molecule has 2 unspecified atom stereocenters. The fourth-order valence-electron chi connectivity index (χ4n) is 3.00. The summed E-state index contributed by atoms with van der Waals surface area (Å²) in [6.45, 7) is 3.26. The van der Waals surface area contributed by atoms with Gasteiger partial charge in [0.1, 0.15) is 0 Å². The molecular weight excluding hydrogens is 354 g/mol. The molecule has 118 valence electrons. The van der Waals surface area contributed by atoms with Crippen LogP contribution in [0.4, 0.5) is 0 Å². The van der Waals surface area contributed by atoms with Gasteiger partial charge >= 0.3 is 0 Å². The van der Waals surface area contributed by atoms with E-state index in [2.05, 4.69) is 20.8 Å². The zero-order valence-corrected chi connectivity index (χ0v) is 14.5. The summed E-state index contributed by atoms with van der Waals surface area (Å²) in [6, 6.07) is 5.60. The minimum absolute atomic E-state index is 0.273. The second kappa shape index (κ2) is 8.49. The Morgan fingerprint density at radius 1 is 1.43 bits per heavy atom. The molecular formula is C16H23BrClNO2. The van der Waals surface area contributed by atoms with Gasteiger partial charge in [0.05, 0.1) is 6.10 Å². The third kappa shape index (κ3) is 5.22. The Morgan fingerprint density at radius 2 is 2.24 bits per heavy atom. The first-order valence-electron chi connectivity index (χ1n) is 7.56. The zero-order chi connectivity index (χ0) is 15.2. The van der Waals surface area contributed by atoms with Gasteiger partial charge in [0.2, 0.25) is 0 Å². The van der Waals surface area contributed by atoms with Crippen molar-refractivity contribution in [3.8, 4) is 0 Å². The van der Waals surface area contributed by atoms with Crippen molar-refractivity contribution in [2.24, 2.45) is 5.92 Å². The van der Waals surface area contributed by atoms with Crippen LogP contribution >= 0.6 is 27.5 Å². The molecule has 2 N–H and O–H groups in total. The van der Waals surface area contributed by atoms with Crippen LogP contribution in [0.3, 0.4) is 0 Å². The molecule has 1 aliphatic rings. The topological polar surface area (TPSA) is 43.7 Å². The van der Waals surface area contributed by atoms with Crippen LogP contribution in [0, 0.1) is 5.92 Å². The van der Waals surface area contributed by atoms with Gasteiger partial charge in [0.15, 0.2) is 0 Å². The van der Waals surface area contributed by atoms with E-state index in [9.17, 15) is 5.11 Å². The van der Waals surface area contributed by atoms with Crippen molar-refractivity contribution in [1.82, 2.24) is 4.90 Å². The van der Waals surface area contributed by atoms with Crippen LogP contribution in [-0.4, -0.2) is 41.4 Å². The van der Waals surface area contributed by atoms with E-state index in [0.717, 1.165) is 36.1 Å². The molecule has 0 amide bonds. The molecule has 5 heteroatoms. The molecule has 2 atom stereocenters. The molecule has 1 saturated heterocycles. The third-order valence-electron chi connectivity index (χ3n) is 4.18. The standard InChI is InChI=1S/C16H23BrClNO2/c17-13-3-4-14(15(18)10-13)16(21)5-8-19-7-1-2-12(11-19)6-9-20/h3-4,10,12,16,20-21H,1-2,5-9,11H2. The predicted octanol–water partition coefficient (Wildman–Crippen LogP) is 3.62. The van der Waals surface area contributed by atoms with Gasteiger partial charge in [0.25, 0.3) is 0 Å². The highest BCUT2D eigenvalue weighted by atomic mass is 79.9. The number of benzene rings is 1. The van der Waals surface area contributed by atoms with E-state index in [1.165, 1.54) is 12.8 Å². The van der Waals surface area contributed by atoms with Gasteiger partial charge in [-0.25, -0.2) is 0 Å². The number of hydrogen-bond acceptors (Lipinski definition) is 3. The van der Waals surface area contributed by atoms with E-state index in [4.69, 9.17) is 16.7 Å². The molecule has 1 aromatic carbocycles. The Morgan fingerprint density at radius 3 is 2.95 bits per heavy atom. The number of nitrogens with zero attached hydrogens (tertiary/aromatic N) is 1. The molecule has 0 bridgehead atoms. The van der Waals surface area contributed by atoms with Crippen LogP contribution in [-0.2, 0) is 0 Å². The van der Waals surface area contributed by atoms with E-state index in [-0.39, 0.29) is 6.61 Å². The van der Waals surface area contributed by atoms with Crippen LogP contribution in [0.1, 0.15) is 37.4 Å². The van der Waals surface area contributed by atoms with Gasteiger partial charge in [-0.2, -0.15) is 0 Å². The molecule has 0 aliphatic carbocycles. The first-order chi connectivity index (χ1) is 10.1. The molecule has 1 fully saturated rings. The molecule has 21 heavy (non-hydrogen) atoms. The van der Waals surface area contributed by atoms with Crippen molar-refractivity contribution in [2.45, 2.75) is 31.8 Å². The number of halogens is 2. The molecule has 1 aliphatic heterocycles. The minimum Gasteiger partial charge on any atom is -0.396 e. The van der Waals surface area contributed by atoms with Crippen molar-refractivity contribution >= 4 is 27.5 Å². The van der Waals surface area contributed by atoms with Crippen LogP contribution in [0.15, 0.2) is 22.7 Å². The van der Waals surface area contributed by atoms with Gasteiger partial charge < -0.3 is 15.1 Å². The average Bonchev–Trinajstić information content (AvgIpc) is 2.45. The van der Waals surface area contributed by atoms with Crippen LogP contribution in [0.5, 0.6) is 0 Å². The number of rotatable bonds is 6. The highest BCUT2D eigenvalue weighted by Gasteiger charge is 2.20. The van der Waals surface area contributed by atoms with Gasteiger partial charge in [0, 0.05) is 29.2 Å². The zero-order valence-electron chi connectivity index (χ0n) is 12.1. The van der Waals surface area contributed by atoms with Gasteiger partial charge in [-0.1, -0.05) is 33.6 Å². The first kappa shape index (κ1) is 17.2. The monoisotopic (exact) mass is 375 g/mol. The number of likely N-dealkylation sites (tertiary alicyclic amines) is 1. The first-order valence-corrected chi connectivity index (χ1v) is 8.73. The molecule has 2 rings (SSSR count). The van der Waals surface area contributed by atoms with Crippen molar-refractivity contribution in [2.75, 3.05) is 26.2 Å². The fraction of sp³-hybridized carbons (Fsp3) is 0.625. The third-order valence-corrected chi connectivity index (χ3v) is 5.00. The van der Waals surface area contributed by atoms with Crippen molar-refractivity contribution < 1.29 is 10.2 Å². The van der Waals surface area contributed by atoms with Crippen LogP contribution < -0.4 is 0 Å². The van der Waals surface area contributed by atoms with E-state index in [1.807, 2.05) is 18.2 Å². The van der Waals surface area contributed by atoms with E-state index in [0.29, 0.717) is 17.4 Å². The van der Waals surface area contributed by atoms with Gasteiger partial charge in [-0.05, 0) is 55.8 Å². The molecule has 3 nitrogen and oxygen atoms in total.